The van der Waals surface area contributed by atoms with Crippen LogP contribution >= 0.6 is 0 Å². The van der Waals surface area contributed by atoms with E-state index < -0.39 is 23.5 Å². The molecule has 0 spiro atoms. The van der Waals surface area contributed by atoms with Gasteiger partial charge < -0.3 is 10.1 Å². The lowest BCUT2D eigenvalue weighted by Gasteiger charge is -2.31. The number of esters is 1. The van der Waals surface area contributed by atoms with Gasteiger partial charge in [-0.05, 0) is 13.8 Å². The fourth-order valence-corrected chi connectivity index (χ4v) is 1.71. The van der Waals surface area contributed by atoms with Gasteiger partial charge in [0.15, 0.2) is 0 Å². The largest absolute Gasteiger partial charge is 0.466 e. The van der Waals surface area contributed by atoms with Gasteiger partial charge in [0.1, 0.15) is 0 Å². The van der Waals surface area contributed by atoms with E-state index in [9.17, 15) is 18.0 Å². The van der Waals surface area contributed by atoms with Crippen LogP contribution in [-0.4, -0.2) is 31.8 Å². The second kappa shape index (κ2) is 4.00. The van der Waals surface area contributed by atoms with Crippen LogP contribution in [0, 0.1) is 11.3 Å². The number of rotatable bonds is 2. The van der Waals surface area contributed by atoms with Gasteiger partial charge in [0.2, 0.25) is 0 Å². The maximum Gasteiger partial charge on any atom is 0.396 e. The Labute approximate surface area is 86.0 Å². The first-order chi connectivity index (χ1) is 6.83. The molecule has 2 atom stereocenters. The minimum Gasteiger partial charge on any atom is -0.466 e. The molecule has 1 aliphatic rings. The Bertz CT molecular complexity index is 254. The molecule has 1 heterocycles. The van der Waals surface area contributed by atoms with Gasteiger partial charge in [-0.1, -0.05) is 0 Å². The molecule has 15 heavy (non-hydrogen) atoms. The van der Waals surface area contributed by atoms with Crippen molar-refractivity contribution in [2.24, 2.45) is 11.3 Å². The summed E-state index contributed by atoms with van der Waals surface area (Å²) in [6.45, 7) is 2.51. The molecule has 0 radical (unpaired) electrons. The number of hydrogen-bond acceptors (Lipinski definition) is 3. The molecule has 2 unspecified atom stereocenters. The molecule has 0 bridgehead atoms. The van der Waals surface area contributed by atoms with Crippen LogP contribution in [0.5, 0.6) is 0 Å². The van der Waals surface area contributed by atoms with Crippen molar-refractivity contribution < 1.29 is 22.7 Å². The van der Waals surface area contributed by atoms with Crippen molar-refractivity contribution in [2.45, 2.75) is 20.0 Å². The minimum atomic E-state index is -4.39. The molecule has 0 amide bonds. The zero-order chi connectivity index (χ0) is 11.7. The Morgan fingerprint density at radius 2 is 2.20 bits per heavy atom. The van der Waals surface area contributed by atoms with Crippen LogP contribution in [0.2, 0.25) is 0 Å². The number of ether oxygens (including phenoxy) is 1. The van der Waals surface area contributed by atoms with Crippen LogP contribution in [0.25, 0.3) is 0 Å². The van der Waals surface area contributed by atoms with Crippen LogP contribution in [0.3, 0.4) is 0 Å². The summed E-state index contributed by atoms with van der Waals surface area (Å²) in [6, 6.07) is 0. The molecule has 1 fully saturated rings. The molecule has 0 saturated carbocycles. The summed E-state index contributed by atoms with van der Waals surface area (Å²) in [5.41, 5.74) is -2.01. The van der Waals surface area contributed by atoms with E-state index in [0.29, 0.717) is 0 Å². The van der Waals surface area contributed by atoms with Crippen LogP contribution < -0.4 is 5.32 Å². The van der Waals surface area contributed by atoms with Crippen molar-refractivity contribution in [3.8, 4) is 0 Å². The van der Waals surface area contributed by atoms with E-state index in [-0.39, 0.29) is 19.7 Å². The highest BCUT2D eigenvalue weighted by Crippen LogP contribution is 2.46. The summed E-state index contributed by atoms with van der Waals surface area (Å²) in [7, 11) is 0. The van der Waals surface area contributed by atoms with Crippen molar-refractivity contribution >= 4 is 5.97 Å². The topological polar surface area (TPSA) is 38.3 Å². The monoisotopic (exact) mass is 225 g/mol. The van der Waals surface area contributed by atoms with Gasteiger partial charge in [0.25, 0.3) is 0 Å². The Morgan fingerprint density at radius 3 is 2.67 bits per heavy atom. The first-order valence-electron chi connectivity index (χ1n) is 4.77. The zero-order valence-corrected chi connectivity index (χ0v) is 8.65. The van der Waals surface area contributed by atoms with Gasteiger partial charge in [-0.2, -0.15) is 13.2 Å². The molecule has 6 heteroatoms. The maximum absolute atomic E-state index is 12.7. The molecule has 0 aromatic heterocycles. The SMILES string of the molecule is CCOC(=O)C1CNCC1(C)C(F)(F)F. The van der Waals surface area contributed by atoms with Crippen LogP contribution in [0.15, 0.2) is 0 Å². The highest BCUT2D eigenvalue weighted by atomic mass is 19.4. The van der Waals surface area contributed by atoms with Crippen LogP contribution in [0.1, 0.15) is 13.8 Å². The average molecular weight is 225 g/mol. The first-order valence-corrected chi connectivity index (χ1v) is 4.77. The van der Waals surface area contributed by atoms with Crippen molar-refractivity contribution in [1.29, 1.82) is 0 Å². The highest BCUT2D eigenvalue weighted by molar-refractivity contribution is 5.74. The summed E-state index contributed by atoms with van der Waals surface area (Å²) in [5, 5.41) is 2.59. The second-order valence-corrected chi connectivity index (χ2v) is 3.85. The predicted molar refractivity (Wildman–Crippen MR) is 47.2 cm³/mol. The normalized spacial score (nSPS) is 31.7. The number of nitrogens with one attached hydrogen (secondary N) is 1. The third kappa shape index (κ3) is 2.09. The molecule has 1 N–H and O–H groups in total. The summed E-state index contributed by atoms with van der Waals surface area (Å²) < 4.78 is 42.9. The quantitative estimate of drug-likeness (QED) is 0.721. The third-order valence-electron chi connectivity index (χ3n) is 2.83. The van der Waals surface area contributed by atoms with Gasteiger partial charge in [-0.15, -0.1) is 0 Å². The summed E-state index contributed by atoms with van der Waals surface area (Å²) in [6.07, 6.45) is -4.39. The number of carbonyl (C=O) groups excluding carboxylic acids is 1. The molecular weight excluding hydrogens is 211 g/mol. The molecule has 3 nitrogen and oxygen atoms in total. The minimum absolute atomic E-state index is 0.0227. The van der Waals surface area contributed by atoms with E-state index in [1.165, 1.54) is 0 Å². The lowest BCUT2D eigenvalue weighted by atomic mass is 9.79. The third-order valence-corrected chi connectivity index (χ3v) is 2.83. The van der Waals surface area contributed by atoms with Gasteiger partial charge in [0.05, 0.1) is 17.9 Å². The number of carbonyl (C=O) groups is 1. The molecule has 0 aromatic carbocycles. The maximum atomic E-state index is 12.7. The van der Waals surface area contributed by atoms with Crippen molar-refractivity contribution in [2.75, 3.05) is 19.7 Å². The van der Waals surface area contributed by atoms with E-state index in [0.717, 1.165) is 6.92 Å². The van der Waals surface area contributed by atoms with E-state index in [1.807, 2.05) is 0 Å². The average Bonchev–Trinajstić information content (AvgIpc) is 2.48. The number of hydrogen-bond donors (Lipinski definition) is 1. The van der Waals surface area contributed by atoms with Gasteiger partial charge in [-0.25, -0.2) is 0 Å². The Hall–Kier alpha value is -0.780. The van der Waals surface area contributed by atoms with Gasteiger partial charge in [-0.3, -0.25) is 4.79 Å². The first kappa shape index (κ1) is 12.3. The van der Waals surface area contributed by atoms with E-state index in [1.54, 1.807) is 6.92 Å². The molecule has 88 valence electrons. The highest BCUT2D eigenvalue weighted by Gasteiger charge is 2.60. The lowest BCUT2D eigenvalue weighted by Crippen LogP contribution is -2.45. The van der Waals surface area contributed by atoms with Gasteiger partial charge >= 0.3 is 12.1 Å². The van der Waals surface area contributed by atoms with Gasteiger partial charge in [0, 0.05) is 13.1 Å². The Kier molecular flexibility index (Phi) is 3.28. The van der Waals surface area contributed by atoms with E-state index >= 15 is 0 Å². The fourth-order valence-electron chi connectivity index (χ4n) is 1.71. The molecule has 1 aliphatic heterocycles. The summed E-state index contributed by atoms with van der Waals surface area (Å²) in [5.74, 6) is -1.92. The molecule has 1 saturated heterocycles. The standard InChI is InChI=1S/C9H14F3NO2/c1-3-15-7(14)6-4-13-5-8(6,2)9(10,11)12/h6,13H,3-5H2,1-2H3. The van der Waals surface area contributed by atoms with Crippen LogP contribution in [-0.2, 0) is 9.53 Å². The second-order valence-electron chi connectivity index (χ2n) is 3.85. The van der Waals surface area contributed by atoms with Crippen molar-refractivity contribution in [1.82, 2.24) is 5.32 Å². The Morgan fingerprint density at radius 1 is 1.60 bits per heavy atom. The zero-order valence-electron chi connectivity index (χ0n) is 8.65. The van der Waals surface area contributed by atoms with Crippen LogP contribution in [0.4, 0.5) is 13.2 Å². The number of halogens is 3. The predicted octanol–water partition coefficient (Wildman–Crippen LogP) is 1.34. The van der Waals surface area contributed by atoms with Crippen molar-refractivity contribution in [3.05, 3.63) is 0 Å². The number of alkyl halides is 3. The smallest absolute Gasteiger partial charge is 0.396 e. The summed E-state index contributed by atoms with van der Waals surface area (Å²) in [4.78, 5) is 11.3. The fraction of sp³-hybridized carbons (Fsp3) is 0.889. The Balaban J connectivity index is 2.85. The van der Waals surface area contributed by atoms with E-state index in [4.69, 9.17) is 0 Å². The molecule has 0 aliphatic carbocycles. The summed E-state index contributed by atoms with van der Waals surface area (Å²) >= 11 is 0. The lowest BCUT2D eigenvalue weighted by molar-refractivity contribution is -0.228. The molecule has 0 aromatic rings. The molecular formula is C9H14F3NO2. The van der Waals surface area contributed by atoms with E-state index in [2.05, 4.69) is 10.1 Å². The molecule has 1 rings (SSSR count). The van der Waals surface area contributed by atoms with Crippen molar-refractivity contribution in [3.63, 3.8) is 0 Å².